The number of rotatable bonds is 6. The summed E-state index contributed by atoms with van der Waals surface area (Å²) in [7, 11) is 0. The molecule has 1 aromatic heterocycles. The van der Waals surface area contributed by atoms with Gasteiger partial charge in [-0.05, 0) is 42.8 Å². The first-order valence-corrected chi connectivity index (χ1v) is 6.70. The van der Waals surface area contributed by atoms with Crippen LogP contribution in [0.5, 0.6) is 5.88 Å². The van der Waals surface area contributed by atoms with E-state index in [0.717, 1.165) is 4.47 Å². The smallest absolute Gasteiger partial charge is 0.332 e. The number of pyridine rings is 1. The van der Waals surface area contributed by atoms with Gasteiger partial charge in [-0.25, -0.2) is 9.78 Å². The van der Waals surface area contributed by atoms with Gasteiger partial charge < -0.3 is 14.2 Å². The number of esters is 1. The van der Waals surface area contributed by atoms with Crippen molar-refractivity contribution in [3.63, 3.8) is 0 Å². The minimum Gasteiger partial charge on any atom is -0.475 e. The molecule has 0 aliphatic heterocycles. The van der Waals surface area contributed by atoms with Gasteiger partial charge in [-0.15, -0.1) is 0 Å². The van der Waals surface area contributed by atoms with E-state index in [-0.39, 0.29) is 12.6 Å². The fourth-order valence-electron chi connectivity index (χ4n) is 1.18. The zero-order valence-corrected chi connectivity index (χ0v) is 12.9. The molecule has 0 aliphatic carbocycles. The molecular weight excluding hydrogens is 314 g/mol. The molecule has 0 fully saturated rings. The quantitative estimate of drug-likeness (QED) is 0.592. The molecule has 0 amide bonds. The van der Waals surface area contributed by atoms with Gasteiger partial charge in [0.15, 0.2) is 0 Å². The first-order chi connectivity index (χ1) is 8.87. The number of carbonyl (C=O) groups is 1. The van der Waals surface area contributed by atoms with E-state index in [0.29, 0.717) is 19.1 Å². The van der Waals surface area contributed by atoms with Crippen LogP contribution in [0, 0.1) is 0 Å². The van der Waals surface area contributed by atoms with E-state index in [1.54, 1.807) is 12.3 Å². The van der Waals surface area contributed by atoms with E-state index in [1.807, 2.05) is 26.8 Å². The second kappa shape index (κ2) is 7.45. The Labute approximate surface area is 121 Å². The highest BCUT2D eigenvalue weighted by Crippen LogP contribution is 2.12. The number of hydrogen-bond acceptors (Lipinski definition) is 5. The Kier molecular flexibility index (Phi) is 6.24. The predicted octanol–water partition coefficient (Wildman–Crippen LogP) is 2.58. The van der Waals surface area contributed by atoms with Gasteiger partial charge in [-0.3, -0.25) is 0 Å². The first-order valence-electron chi connectivity index (χ1n) is 5.91. The fourth-order valence-corrected chi connectivity index (χ4v) is 1.41. The molecule has 0 radical (unpaired) electrons. The standard InChI is InChI=1S/C13H18BrNO4/c1-13(2,3)19-12(16)9-17-6-7-18-11-5-4-10(14)8-15-11/h4-5,8H,6-7,9H2,1-3H3. The third kappa shape index (κ3) is 7.79. The molecule has 1 aromatic rings. The van der Waals surface area contributed by atoms with E-state index >= 15 is 0 Å². The molecule has 6 heteroatoms. The lowest BCUT2D eigenvalue weighted by atomic mass is 10.2. The second-order valence-corrected chi connectivity index (χ2v) is 5.72. The first kappa shape index (κ1) is 15.9. The number of nitrogens with zero attached hydrogens (tertiary/aromatic N) is 1. The Morgan fingerprint density at radius 1 is 1.32 bits per heavy atom. The molecule has 0 spiro atoms. The van der Waals surface area contributed by atoms with Gasteiger partial charge in [-0.2, -0.15) is 0 Å². The highest BCUT2D eigenvalue weighted by atomic mass is 79.9. The van der Waals surface area contributed by atoms with Crippen LogP contribution in [0.3, 0.4) is 0 Å². The molecule has 0 aliphatic rings. The van der Waals surface area contributed by atoms with Crippen LogP contribution in [0.25, 0.3) is 0 Å². The summed E-state index contributed by atoms with van der Waals surface area (Å²) in [6, 6.07) is 3.59. The van der Waals surface area contributed by atoms with Gasteiger partial charge >= 0.3 is 5.97 Å². The zero-order chi connectivity index (χ0) is 14.3. The van der Waals surface area contributed by atoms with Crippen LogP contribution in [0.15, 0.2) is 22.8 Å². The highest BCUT2D eigenvalue weighted by molar-refractivity contribution is 9.10. The summed E-state index contributed by atoms with van der Waals surface area (Å²) in [6.45, 7) is 6.00. The van der Waals surface area contributed by atoms with Gasteiger partial charge in [0.2, 0.25) is 5.88 Å². The van der Waals surface area contributed by atoms with Crippen LogP contribution >= 0.6 is 15.9 Å². The van der Waals surface area contributed by atoms with Crippen molar-refractivity contribution in [2.24, 2.45) is 0 Å². The molecule has 0 atom stereocenters. The van der Waals surface area contributed by atoms with Gasteiger partial charge in [0.25, 0.3) is 0 Å². The molecule has 106 valence electrons. The summed E-state index contributed by atoms with van der Waals surface area (Å²) in [5.74, 6) is 0.137. The average molecular weight is 332 g/mol. The van der Waals surface area contributed by atoms with Crippen molar-refractivity contribution < 1.29 is 19.0 Å². The number of hydrogen-bond donors (Lipinski definition) is 0. The molecular formula is C13H18BrNO4. The summed E-state index contributed by atoms with van der Waals surface area (Å²) in [4.78, 5) is 15.4. The average Bonchev–Trinajstić information content (AvgIpc) is 2.29. The number of halogens is 1. The monoisotopic (exact) mass is 331 g/mol. The lowest BCUT2D eigenvalue weighted by Gasteiger charge is -2.19. The minimum atomic E-state index is -0.488. The van der Waals surface area contributed by atoms with Crippen LogP contribution < -0.4 is 4.74 Å². The fraction of sp³-hybridized carbons (Fsp3) is 0.538. The minimum absolute atomic E-state index is 0.0750. The predicted molar refractivity (Wildman–Crippen MR) is 74.1 cm³/mol. The van der Waals surface area contributed by atoms with E-state index < -0.39 is 5.60 Å². The zero-order valence-electron chi connectivity index (χ0n) is 11.3. The second-order valence-electron chi connectivity index (χ2n) is 4.80. The molecule has 5 nitrogen and oxygen atoms in total. The number of carbonyl (C=O) groups excluding carboxylic acids is 1. The molecule has 0 aromatic carbocycles. The Morgan fingerprint density at radius 2 is 2.05 bits per heavy atom. The Hall–Kier alpha value is -1.14. The molecule has 1 heterocycles. The van der Waals surface area contributed by atoms with Crippen molar-refractivity contribution in [3.05, 3.63) is 22.8 Å². The maximum Gasteiger partial charge on any atom is 0.332 e. The summed E-state index contributed by atoms with van der Waals surface area (Å²) >= 11 is 3.28. The van der Waals surface area contributed by atoms with Crippen LogP contribution in [-0.4, -0.2) is 36.4 Å². The normalized spacial score (nSPS) is 11.2. The third-order valence-corrected chi connectivity index (χ3v) is 2.29. The summed E-state index contributed by atoms with van der Waals surface area (Å²) in [5.41, 5.74) is -0.488. The molecule has 0 saturated heterocycles. The molecule has 0 bridgehead atoms. The van der Waals surface area contributed by atoms with Crippen LogP contribution in [0.2, 0.25) is 0 Å². The van der Waals surface area contributed by atoms with Gasteiger partial charge in [0.1, 0.15) is 18.8 Å². The molecule has 0 N–H and O–H groups in total. The maximum atomic E-state index is 11.3. The van der Waals surface area contributed by atoms with Crippen molar-refractivity contribution in [3.8, 4) is 5.88 Å². The van der Waals surface area contributed by atoms with Gasteiger partial charge in [-0.1, -0.05) is 0 Å². The van der Waals surface area contributed by atoms with E-state index in [4.69, 9.17) is 14.2 Å². The molecule has 19 heavy (non-hydrogen) atoms. The van der Waals surface area contributed by atoms with Crippen LogP contribution in [0.4, 0.5) is 0 Å². The Balaban J connectivity index is 2.11. The summed E-state index contributed by atoms with van der Waals surface area (Å²) in [5, 5.41) is 0. The van der Waals surface area contributed by atoms with E-state index in [2.05, 4.69) is 20.9 Å². The van der Waals surface area contributed by atoms with E-state index in [9.17, 15) is 4.79 Å². The Bertz CT molecular complexity index is 400. The van der Waals surface area contributed by atoms with Gasteiger partial charge in [0.05, 0.1) is 6.61 Å². The molecule has 1 rings (SSSR count). The molecule has 0 saturated carbocycles. The van der Waals surface area contributed by atoms with Crippen molar-refractivity contribution in [1.82, 2.24) is 4.98 Å². The van der Waals surface area contributed by atoms with Crippen molar-refractivity contribution in [2.45, 2.75) is 26.4 Å². The van der Waals surface area contributed by atoms with Crippen molar-refractivity contribution >= 4 is 21.9 Å². The molecule has 0 unspecified atom stereocenters. The number of ether oxygens (including phenoxy) is 3. The van der Waals surface area contributed by atoms with Crippen molar-refractivity contribution in [1.29, 1.82) is 0 Å². The van der Waals surface area contributed by atoms with Crippen molar-refractivity contribution in [2.75, 3.05) is 19.8 Å². The SMILES string of the molecule is CC(C)(C)OC(=O)COCCOc1ccc(Br)cn1. The van der Waals surface area contributed by atoms with Crippen LogP contribution in [-0.2, 0) is 14.3 Å². The van der Waals surface area contributed by atoms with E-state index in [1.165, 1.54) is 0 Å². The summed E-state index contributed by atoms with van der Waals surface area (Å²) < 4.78 is 16.5. The highest BCUT2D eigenvalue weighted by Gasteiger charge is 2.15. The third-order valence-electron chi connectivity index (χ3n) is 1.82. The summed E-state index contributed by atoms with van der Waals surface area (Å²) in [6.07, 6.45) is 1.65. The largest absolute Gasteiger partial charge is 0.475 e. The lowest BCUT2D eigenvalue weighted by Crippen LogP contribution is -2.27. The number of aromatic nitrogens is 1. The van der Waals surface area contributed by atoms with Crippen LogP contribution in [0.1, 0.15) is 20.8 Å². The maximum absolute atomic E-state index is 11.3. The topological polar surface area (TPSA) is 57.7 Å². The Morgan fingerprint density at radius 3 is 2.63 bits per heavy atom. The lowest BCUT2D eigenvalue weighted by molar-refractivity contribution is -0.160. The van der Waals surface area contributed by atoms with Gasteiger partial charge in [0, 0.05) is 16.7 Å².